The molecule has 0 bridgehead atoms. The van der Waals surface area contributed by atoms with E-state index < -0.39 is 54.4 Å². The smallest absolute Gasteiger partial charge is 0.303 e. The molecule has 10 heteroatoms. The van der Waals surface area contributed by atoms with E-state index in [-0.39, 0.29) is 12.5 Å². The summed E-state index contributed by atoms with van der Waals surface area (Å²) in [6, 6.07) is 14.6. The largest absolute Gasteiger partial charge is 0.463 e. The van der Waals surface area contributed by atoms with Gasteiger partial charge >= 0.3 is 23.9 Å². The van der Waals surface area contributed by atoms with Gasteiger partial charge in [-0.3, -0.25) is 19.2 Å². The van der Waals surface area contributed by atoms with Crippen molar-refractivity contribution in [2.45, 2.75) is 88.8 Å². The number of hydrogen-bond acceptors (Lipinski definition) is 10. The highest BCUT2D eigenvalue weighted by atomic mass is 32.2. The summed E-state index contributed by atoms with van der Waals surface area (Å²) in [7, 11) is 0. The molecule has 2 aromatic carbocycles. The normalized spacial score (nSPS) is 25.2. The topological polar surface area (TPSA) is 114 Å². The standard InChI is InChI=1S/C31H36O9S/c1-16(2)21-7-9-22(10-8-21)25-15-41-27-12-11-23(13-24(25)27)28-30(38-19(5)34)31(39-20(6)35)29(37-18(4)33)26(40-28)14-36-17(3)32/h7-13,16,25-26,28-31H,14-15H2,1-6H3/t25-,26?,28?,29?,30?,31?/m0/s1. The number of carbonyl (C=O) groups excluding carboxylic acids is 4. The minimum atomic E-state index is -1.21. The van der Waals surface area contributed by atoms with E-state index in [0.717, 1.165) is 16.2 Å². The van der Waals surface area contributed by atoms with Crippen molar-refractivity contribution in [3.63, 3.8) is 0 Å². The van der Waals surface area contributed by atoms with Gasteiger partial charge in [-0.05, 0) is 34.2 Å². The summed E-state index contributed by atoms with van der Waals surface area (Å²) >= 11 is 1.77. The zero-order valence-corrected chi connectivity index (χ0v) is 24.9. The van der Waals surface area contributed by atoms with Gasteiger partial charge in [0.2, 0.25) is 0 Å². The second kappa shape index (κ2) is 13.1. The molecule has 2 aliphatic rings. The first-order valence-electron chi connectivity index (χ1n) is 13.6. The third-order valence-electron chi connectivity index (χ3n) is 7.14. The van der Waals surface area contributed by atoms with E-state index in [1.54, 1.807) is 11.8 Å². The van der Waals surface area contributed by atoms with Crippen molar-refractivity contribution in [3.8, 4) is 0 Å². The van der Waals surface area contributed by atoms with Crippen LogP contribution in [0.4, 0.5) is 0 Å². The highest BCUT2D eigenvalue weighted by molar-refractivity contribution is 7.99. The van der Waals surface area contributed by atoms with Crippen molar-refractivity contribution in [1.29, 1.82) is 0 Å². The lowest BCUT2D eigenvalue weighted by Crippen LogP contribution is -2.59. The van der Waals surface area contributed by atoms with Crippen molar-refractivity contribution < 1.29 is 42.9 Å². The van der Waals surface area contributed by atoms with Crippen LogP contribution in [0.15, 0.2) is 47.4 Å². The predicted octanol–water partition coefficient (Wildman–Crippen LogP) is 4.85. The van der Waals surface area contributed by atoms with Gasteiger partial charge in [0.1, 0.15) is 18.8 Å². The number of hydrogen-bond donors (Lipinski definition) is 0. The SMILES string of the molecule is CC(=O)OCC1OC(c2ccc3c(c2)[C@H](c2ccc(C(C)C)cc2)CS3)C(OC(C)=O)C(OC(C)=O)C1OC(C)=O. The average Bonchev–Trinajstić information content (AvgIpc) is 3.32. The maximum atomic E-state index is 12.2. The number of thioether (sulfide) groups is 1. The summed E-state index contributed by atoms with van der Waals surface area (Å²) in [5.74, 6) is -1.06. The summed E-state index contributed by atoms with van der Waals surface area (Å²) < 4.78 is 28.4. The van der Waals surface area contributed by atoms with E-state index in [9.17, 15) is 19.2 Å². The van der Waals surface area contributed by atoms with Crippen LogP contribution < -0.4 is 0 Å². The number of carbonyl (C=O) groups is 4. The molecular formula is C31H36O9S. The summed E-state index contributed by atoms with van der Waals surface area (Å²) in [5.41, 5.74) is 4.26. The molecule has 0 saturated carbocycles. The summed E-state index contributed by atoms with van der Waals surface area (Å²) in [6.07, 6.45) is -5.43. The van der Waals surface area contributed by atoms with Gasteiger partial charge in [-0.1, -0.05) is 50.2 Å². The molecule has 0 aliphatic carbocycles. The zero-order chi connectivity index (χ0) is 29.8. The van der Waals surface area contributed by atoms with E-state index in [1.165, 1.54) is 38.8 Å². The third-order valence-corrected chi connectivity index (χ3v) is 8.32. The van der Waals surface area contributed by atoms with E-state index >= 15 is 0 Å². The number of rotatable bonds is 8. The molecule has 1 fully saturated rings. The average molecular weight is 585 g/mol. The van der Waals surface area contributed by atoms with Crippen LogP contribution in [-0.2, 0) is 42.9 Å². The molecule has 2 heterocycles. The molecule has 2 aliphatic heterocycles. The van der Waals surface area contributed by atoms with Crippen LogP contribution >= 0.6 is 11.8 Å². The van der Waals surface area contributed by atoms with Crippen molar-refractivity contribution >= 4 is 35.6 Å². The van der Waals surface area contributed by atoms with Gasteiger partial charge in [-0.25, -0.2) is 0 Å². The molecule has 0 radical (unpaired) electrons. The second-order valence-electron chi connectivity index (χ2n) is 10.6. The Morgan fingerprint density at radius 2 is 1.39 bits per heavy atom. The van der Waals surface area contributed by atoms with Crippen molar-refractivity contribution in [2.75, 3.05) is 12.4 Å². The number of esters is 4. The van der Waals surface area contributed by atoms with Gasteiger partial charge < -0.3 is 23.7 Å². The minimum Gasteiger partial charge on any atom is -0.463 e. The Morgan fingerprint density at radius 1 is 0.805 bits per heavy atom. The van der Waals surface area contributed by atoms with Crippen LogP contribution in [0, 0.1) is 0 Å². The molecule has 0 aromatic heterocycles. The number of ether oxygens (including phenoxy) is 5. The van der Waals surface area contributed by atoms with E-state index in [2.05, 4.69) is 38.1 Å². The maximum absolute atomic E-state index is 12.2. The first-order valence-corrected chi connectivity index (χ1v) is 14.6. The number of benzene rings is 2. The quantitative estimate of drug-likeness (QED) is 0.315. The molecule has 0 amide bonds. The van der Waals surface area contributed by atoms with Crippen molar-refractivity contribution in [3.05, 3.63) is 64.7 Å². The lowest BCUT2D eigenvalue weighted by molar-refractivity contribution is -0.254. The van der Waals surface area contributed by atoms with E-state index in [1.807, 2.05) is 18.2 Å². The van der Waals surface area contributed by atoms with Crippen molar-refractivity contribution in [1.82, 2.24) is 0 Å². The van der Waals surface area contributed by atoms with E-state index in [0.29, 0.717) is 11.5 Å². The van der Waals surface area contributed by atoms with Gasteiger partial charge in [0.15, 0.2) is 18.3 Å². The lowest BCUT2D eigenvalue weighted by Gasteiger charge is -2.44. The summed E-state index contributed by atoms with van der Waals surface area (Å²) in [6.45, 7) is 8.96. The van der Waals surface area contributed by atoms with Crippen LogP contribution in [0.3, 0.4) is 0 Å². The fraction of sp³-hybridized carbons (Fsp3) is 0.484. The second-order valence-corrected chi connectivity index (χ2v) is 11.7. The fourth-order valence-corrected chi connectivity index (χ4v) is 6.55. The Hall–Kier alpha value is -3.37. The van der Waals surface area contributed by atoms with Gasteiger partial charge in [-0.2, -0.15) is 0 Å². The molecule has 2 aromatic rings. The van der Waals surface area contributed by atoms with Gasteiger partial charge in [0, 0.05) is 44.3 Å². The zero-order valence-electron chi connectivity index (χ0n) is 24.1. The van der Waals surface area contributed by atoms with Crippen LogP contribution in [0.5, 0.6) is 0 Å². The Bertz CT molecular complexity index is 1290. The minimum absolute atomic E-state index is 0.141. The Labute approximate surface area is 244 Å². The molecule has 5 unspecified atom stereocenters. The summed E-state index contributed by atoms with van der Waals surface area (Å²) in [4.78, 5) is 49.2. The Morgan fingerprint density at radius 3 is 1.98 bits per heavy atom. The molecule has 0 N–H and O–H groups in total. The number of fused-ring (bicyclic) bond motifs is 1. The molecular weight excluding hydrogens is 548 g/mol. The Kier molecular flexibility index (Phi) is 9.76. The van der Waals surface area contributed by atoms with Gasteiger partial charge in [0.25, 0.3) is 0 Å². The van der Waals surface area contributed by atoms with Crippen LogP contribution in [0.1, 0.15) is 81.7 Å². The van der Waals surface area contributed by atoms with Crippen LogP contribution in [0.25, 0.3) is 0 Å². The monoisotopic (exact) mass is 584 g/mol. The molecule has 6 atom stereocenters. The first-order chi connectivity index (χ1) is 19.4. The predicted molar refractivity (Wildman–Crippen MR) is 150 cm³/mol. The molecule has 0 spiro atoms. The molecule has 1 saturated heterocycles. The van der Waals surface area contributed by atoms with Gasteiger partial charge in [0.05, 0.1) is 0 Å². The van der Waals surface area contributed by atoms with Crippen LogP contribution in [-0.4, -0.2) is 60.7 Å². The lowest BCUT2D eigenvalue weighted by atomic mass is 9.87. The molecule has 4 rings (SSSR count). The first kappa shape index (κ1) is 30.6. The van der Waals surface area contributed by atoms with Crippen LogP contribution in [0.2, 0.25) is 0 Å². The fourth-order valence-electron chi connectivity index (χ4n) is 5.30. The van der Waals surface area contributed by atoms with E-state index in [4.69, 9.17) is 23.7 Å². The van der Waals surface area contributed by atoms with Crippen molar-refractivity contribution in [2.24, 2.45) is 0 Å². The molecule has 9 nitrogen and oxygen atoms in total. The maximum Gasteiger partial charge on any atom is 0.303 e. The highest BCUT2D eigenvalue weighted by Crippen LogP contribution is 2.46. The molecule has 41 heavy (non-hydrogen) atoms. The summed E-state index contributed by atoms with van der Waals surface area (Å²) in [5, 5.41) is 0. The van der Waals surface area contributed by atoms with Gasteiger partial charge in [-0.15, -0.1) is 11.8 Å². The molecule has 220 valence electrons. The highest BCUT2D eigenvalue weighted by Gasteiger charge is 2.52. The Balaban J connectivity index is 1.75. The third kappa shape index (κ3) is 7.29.